The molecule has 1 aromatic carbocycles. The number of aliphatic hydroxyl groups excluding tert-OH is 1. The minimum Gasteiger partial charge on any atom is -0.396 e. The van der Waals surface area contributed by atoms with Crippen LogP contribution < -0.4 is 5.32 Å². The van der Waals surface area contributed by atoms with Crippen LogP contribution in [-0.2, 0) is 11.2 Å². The first kappa shape index (κ1) is 14.6. The van der Waals surface area contributed by atoms with Crippen molar-refractivity contribution in [1.29, 1.82) is 0 Å². The molecule has 0 radical (unpaired) electrons. The molecular weight excluding hydrogens is 240 g/mol. The van der Waals surface area contributed by atoms with E-state index in [0.717, 1.165) is 12.1 Å². The maximum Gasteiger partial charge on any atom is 0.224 e. The molecule has 100 valence electrons. The molecular formula is C13H17F2NO2. The molecule has 5 heteroatoms. The molecule has 1 aromatic rings. The van der Waals surface area contributed by atoms with Crippen molar-refractivity contribution in [1.82, 2.24) is 5.32 Å². The first-order valence-electron chi connectivity index (χ1n) is 5.78. The maximum absolute atomic E-state index is 12.9. The molecule has 0 aliphatic rings. The van der Waals surface area contributed by atoms with Gasteiger partial charge in [-0.1, -0.05) is 13.0 Å². The molecule has 0 saturated heterocycles. The predicted molar refractivity (Wildman–Crippen MR) is 63.9 cm³/mol. The molecule has 2 unspecified atom stereocenters. The summed E-state index contributed by atoms with van der Waals surface area (Å²) in [5.74, 6) is -2.23. The van der Waals surface area contributed by atoms with Crippen molar-refractivity contribution in [3.05, 3.63) is 35.4 Å². The number of aliphatic hydroxyl groups is 1. The second-order valence-corrected chi connectivity index (χ2v) is 4.44. The molecule has 2 N–H and O–H groups in total. The Hall–Kier alpha value is -1.49. The lowest BCUT2D eigenvalue weighted by atomic mass is 10.0. The summed E-state index contributed by atoms with van der Waals surface area (Å²) in [6.45, 7) is 3.57. The molecule has 0 saturated carbocycles. The second-order valence-electron chi connectivity index (χ2n) is 4.44. The SMILES string of the molecule is CC(CO)C(C)NC(=O)Cc1ccc(F)c(F)c1. The van der Waals surface area contributed by atoms with Gasteiger partial charge in [0.1, 0.15) is 0 Å². The molecule has 1 rings (SSSR count). The van der Waals surface area contributed by atoms with Crippen LogP contribution in [0.3, 0.4) is 0 Å². The van der Waals surface area contributed by atoms with Crippen LogP contribution >= 0.6 is 0 Å². The van der Waals surface area contributed by atoms with E-state index in [9.17, 15) is 13.6 Å². The van der Waals surface area contributed by atoms with Gasteiger partial charge in [-0.25, -0.2) is 8.78 Å². The van der Waals surface area contributed by atoms with Crippen LogP contribution in [-0.4, -0.2) is 23.7 Å². The van der Waals surface area contributed by atoms with Gasteiger partial charge >= 0.3 is 0 Å². The average Bonchev–Trinajstić information content (AvgIpc) is 2.32. The fourth-order valence-electron chi connectivity index (χ4n) is 1.44. The quantitative estimate of drug-likeness (QED) is 0.842. The van der Waals surface area contributed by atoms with Crippen molar-refractivity contribution in [2.45, 2.75) is 26.3 Å². The first-order valence-corrected chi connectivity index (χ1v) is 5.78. The highest BCUT2D eigenvalue weighted by Gasteiger charge is 2.14. The van der Waals surface area contributed by atoms with Gasteiger partial charge in [0.25, 0.3) is 0 Å². The molecule has 0 aromatic heterocycles. The van der Waals surface area contributed by atoms with Gasteiger partial charge in [-0.2, -0.15) is 0 Å². The summed E-state index contributed by atoms with van der Waals surface area (Å²) in [5.41, 5.74) is 0.412. The number of benzene rings is 1. The molecule has 2 atom stereocenters. The third-order valence-electron chi connectivity index (χ3n) is 2.88. The number of rotatable bonds is 5. The van der Waals surface area contributed by atoms with Gasteiger partial charge in [0.15, 0.2) is 11.6 Å². The lowest BCUT2D eigenvalue weighted by molar-refractivity contribution is -0.121. The van der Waals surface area contributed by atoms with Crippen LogP contribution in [0.25, 0.3) is 0 Å². The van der Waals surface area contributed by atoms with Crippen LogP contribution in [0.4, 0.5) is 8.78 Å². The van der Waals surface area contributed by atoms with E-state index in [1.807, 2.05) is 6.92 Å². The summed E-state index contributed by atoms with van der Waals surface area (Å²) < 4.78 is 25.6. The van der Waals surface area contributed by atoms with Gasteiger partial charge < -0.3 is 10.4 Å². The molecule has 0 fully saturated rings. The highest BCUT2D eigenvalue weighted by atomic mass is 19.2. The monoisotopic (exact) mass is 257 g/mol. The minimum atomic E-state index is -0.961. The minimum absolute atomic E-state index is 0.0142. The Balaban J connectivity index is 2.57. The van der Waals surface area contributed by atoms with E-state index in [4.69, 9.17) is 5.11 Å². The van der Waals surface area contributed by atoms with Gasteiger partial charge in [-0.15, -0.1) is 0 Å². The number of hydrogen-bond acceptors (Lipinski definition) is 2. The van der Waals surface area contributed by atoms with Gasteiger partial charge in [0.05, 0.1) is 6.42 Å². The summed E-state index contributed by atoms with van der Waals surface area (Å²) in [7, 11) is 0. The number of carbonyl (C=O) groups excluding carboxylic acids is 1. The third-order valence-corrected chi connectivity index (χ3v) is 2.88. The Labute approximate surface area is 105 Å². The Bertz CT molecular complexity index is 423. The van der Waals surface area contributed by atoms with E-state index in [-0.39, 0.29) is 30.9 Å². The molecule has 0 bridgehead atoms. The van der Waals surface area contributed by atoms with E-state index in [0.29, 0.717) is 5.56 Å². The lowest BCUT2D eigenvalue weighted by Gasteiger charge is -2.19. The lowest BCUT2D eigenvalue weighted by Crippen LogP contribution is -2.39. The van der Waals surface area contributed by atoms with Crippen LogP contribution in [0, 0.1) is 17.6 Å². The molecule has 3 nitrogen and oxygen atoms in total. The van der Waals surface area contributed by atoms with Crippen molar-refractivity contribution in [3.63, 3.8) is 0 Å². The van der Waals surface area contributed by atoms with E-state index in [2.05, 4.69) is 5.32 Å². The number of amides is 1. The van der Waals surface area contributed by atoms with Crippen LogP contribution in [0.5, 0.6) is 0 Å². The topological polar surface area (TPSA) is 49.3 Å². The highest BCUT2D eigenvalue weighted by molar-refractivity contribution is 5.78. The molecule has 0 aliphatic carbocycles. The number of nitrogens with one attached hydrogen (secondary N) is 1. The van der Waals surface area contributed by atoms with Crippen molar-refractivity contribution in [3.8, 4) is 0 Å². The first-order chi connectivity index (χ1) is 8.43. The highest BCUT2D eigenvalue weighted by Crippen LogP contribution is 2.09. The molecule has 1 amide bonds. The Morgan fingerprint density at radius 1 is 1.33 bits per heavy atom. The predicted octanol–water partition coefficient (Wildman–Crippen LogP) is 1.64. The van der Waals surface area contributed by atoms with Gasteiger partial charge in [0, 0.05) is 12.6 Å². The zero-order valence-electron chi connectivity index (χ0n) is 10.4. The molecule has 0 aliphatic heterocycles. The fourth-order valence-corrected chi connectivity index (χ4v) is 1.44. The Morgan fingerprint density at radius 2 is 2.00 bits per heavy atom. The van der Waals surface area contributed by atoms with E-state index >= 15 is 0 Å². The molecule has 0 spiro atoms. The number of carbonyl (C=O) groups is 1. The number of halogens is 2. The van der Waals surface area contributed by atoms with Crippen molar-refractivity contribution < 1.29 is 18.7 Å². The van der Waals surface area contributed by atoms with Crippen LogP contribution in [0.1, 0.15) is 19.4 Å². The van der Waals surface area contributed by atoms with Gasteiger partial charge in [0.2, 0.25) is 5.91 Å². The van der Waals surface area contributed by atoms with Gasteiger partial charge in [-0.3, -0.25) is 4.79 Å². The summed E-state index contributed by atoms with van der Waals surface area (Å²) >= 11 is 0. The summed E-state index contributed by atoms with van der Waals surface area (Å²) in [5, 5.41) is 11.6. The molecule has 18 heavy (non-hydrogen) atoms. The summed E-state index contributed by atoms with van der Waals surface area (Å²) in [6, 6.07) is 3.21. The van der Waals surface area contributed by atoms with Crippen molar-refractivity contribution in [2.75, 3.05) is 6.61 Å². The number of hydrogen-bond donors (Lipinski definition) is 2. The molecule has 0 heterocycles. The zero-order chi connectivity index (χ0) is 13.7. The Kier molecular flexibility index (Phi) is 5.22. The fraction of sp³-hybridized carbons (Fsp3) is 0.462. The van der Waals surface area contributed by atoms with Gasteiger partial charge in [-0.05, 0) is 30.5 Å². The normalized spacial score (nSPS) is 14.1. The van der Waals surface area contributed by atoms with Crippen molar-refractivity contribution >= 4 is 5.91 Å². The standard InChI is InChI=1S/C13H17F2NO2/c1-8(7-17)9(2)16-13(18)6-10-3-4-11(14)12(15)5-10/h3-5,8-9,17H,6-7H2,1-2H3,(H,16,18). The zero-order valence-corrected chi connectivity index (χ0v) is 10.4. The van der Waals surface area contributed by atoms with Crippen molar-refractivity contribution in [2.24, 2.45) is 5.92 Å². The smallest absolute Gasteiger partial charge is 0.224 e. The third kappa shape index (κ3) is 4.07. The van der Waals surface area contributed by atoms with Crippen LogP contribution in [0.15, 0.2) is 18.2 Å². The van der Waals surface area contributed by atoms with Crippen LogP contribution in [0.2, 0.25) is 0 Å². The summed E-state index contributed by atoms with van der Waals surface area (Å²) in [4.78, 5) is 11.6. The largest absolute Gasteiger partial charge is 0.396 e. The van der Waals surface area contributed by atoms with E-state index in [1.165, 1.54) is 6.07 Å². The van der Waals surface area contributed by atoms with E-state index < -0.39 is 11.6 Å². The Morgan fingerprint density at radius 3 is 2.56 bits per heavy atom. The maximum atomic E-state index is 12.9. The van der Waals surface area contributed by atoms with E-state index in [1.54, 1.807) is 6.92 Å². The second kappa shape index (κ2) is 6.44. The summed E-state index contributed by atoms with van der Waals surface area (Å²) in [6.07, 6.45) is -0.0142. The average molecular weight is 257 g/mol.